The van der Waals surface area contributed by atoms with E-state index in [0.717, 1.165) is 12.0 Å². The molecule has 0 saturated carbocycles. The average molecular weight is 229 g/mol. The number of aromatic nitrogens is 2. The molecule has 0 aromatic carbocycles. The molecule has 1 heterocycles. The third-order valence-corrected chi connectivity index (χ3v) is 3.85. The minimum absolute atomic E-state index is 0.347. The molecule has 0 radical (unpaired) electrons. The molecule has 4 nitrogen and oxygen atoms in total. The molecular formula is C10H19N3OS. The molecule has 0 saturated heterocycles. The van der Waals surface area contributed by atoms with Gasteiger partial charge in [-0.3, -0.25) is 8.89 Å². The van der Waals surface area contributed by atoms with Crippen LogP contribution >= 0.6 is 0 Å². The zero-order valence-electron chi connectivity index (χ0n) is 9.35. The van der Waals surface area contributed by atoms with Gasteiger partial charge in [-0.2, -0.15) is 5.10 Å². The Morgan fingerprint density at radius 2 is 2.40 bits per heavy atom. The van der Waals surface area contributed by atoms with Crippen molar-refractivity contribution in [3.63, 3.8) is 0 Å². The van der Waals surface area contributed by atoms with Gasteiger partial charge in [0.25, 0.3) is 0 Å². The summed E-state index contributed by atoms with van der Waals surface area (Å²) in [6.45, 7) is 2.64. The largest absolute Gasteiger partial charge is 0.330 e. The van der Waals surface area contributed by atoms with Crippen molar-refractivity contribution in [2.75, 3.05) is 18.1 Å². The van der Waals surface area contributed by atoms with Crippen LogP contribution in [0.1, 0.15) is 12.5 Å². The minimum Gasteiger partial charge on any atom is -0.330 e. The van der Waals surface area contributed by atoms with Crippen LogP contribution in [0.25, 0.3) is 0 Å². The highest BCUT2D eigenvalue weighted by Crippen LogP contribution is 2.02. The highest BCUT2D eigenvalue weighted by atomic mass is 32.2. The molecule has 0 spiro atoms. The normalized spacial score (nSPS) is 15.1. The van der Waals surface area contributed by atoms with E-state index in [1.807, 2.05) is 26.4 Å². The molecule has 0 aliphatic carbocycles. The Balaban J connectivity index is 2.28. The number of nitrogens with zero attached hydrogens (tertiary/aromatic N) is 2. The summed E-state index contributed by atoms with van der Waals surface area (Å²) < 4.78 is 13.4. The lowest BCUT2D eigenvalue weighted by Crippen LogP contribution is -2.19. The van der Waals surface area contributed by atoms with Crippen LogP contribution in [0.3, 0.4) is 0 Å². The average Bonchev–Trinajstić information content (AvgIpc) is 2.61. The van der Waals surface area contributed by atoms with E-state index in [9.17, 15) is 4.21 Å². The van der Waals surface area contributed by atoms with Crippen molar-refractivity contribution in [3.8, 4) is 0 Å². The quantitative estimate of drug-likeness (QED) is 0.763. The summed E-state index contributed by atoms with van der Waals surface area (Å²) in [5.41, 5.74) is 6.63. The second kappa shape index (κ2) is 6.02. The van der Waals surface area contributed by atoms with Gasteiger partial charge in [0.2, 0.25) is 0 Å². The number of hydrogen-bond donors (Lipinski definition) is 1. The maximum Gasteiger partial charge on any atom is 0.0521 e. The van der Waals surface area contributed by atoms with Crippen LogP contribution in [0.15, 0.2) is 12.4 Å². The standard InChI is InChI=1S/C10H19N3OS/c1-9(5-11)8-15(14)4-3-10-6-12-13(2)7-10/h6-7,9H,3-5,8,11H2,1-2H3. The molecule has 1 rings (SSSR count). The molecule has 1 aromatic heterocycles. The van der Waals surface area contributed by atoms with Gasteiger partial charge in [0.05, 0.1) is 6.20 Å². The first kappa shape index (κ1) is 12.4. The van der Waals surface area contributed by atoms with Gasteiger partial charge in [0.1, 0.15) is 0 Å². The molecule has 0 bridgehead atoms. The summed E-state index contributed by atoms with van der Waals surface area (Å²) in [7, 11) is 1.13. The monoisotopic (exact) mass is 229 g/mol. The molecule has 15 heavy (non-hydrogen) atoms. The lowest BCUT2D eigenvalue weighted by molar-refractivity contribution is 0.640. The molecule has 0 aliphatic rings. The first-order valence-corrected chi connectivity index (χ1v) is 6.63. The van der Waals surface area contributed by atoms with Gasteiger partial charge in [0, 0.05) is 35.5 Å². The third-order valence-electron chi connectivity index (χ3n) is 2.25. The van der Waals surface area contributed by atoms with Gasteiger partial charge in [-0.25, -0.2) is 0 Å². The first-order valence-electron chi connectivity index (χ1n) is 5.14. The van der Waals surface area contributed by atoms with Gasteiger partial charge in [-0.1, -0.05) is 6.92 Å². The Morgan fingerprint density at radius 1 is 1.67 bits per heavy atom. The second-order valence-electron chi connectivity index (χ2n) is 3.92. The Morgan fingerprint density at radius 3 is 2.93 bits per heavy atom. The number of nitrogens with two attached hydrogens (primary N) is 1. The maximum atomic E-state index is 11.6. The SMILES string of the molecule is CC(CN)CS(=O)CCc1cnn(C)c1. The maximum absolute atomic E-state index is 11.6. The van der Waals surface area contributed by atoms with Crippen LogP contribution in [0.5, 0.6) is 0 Å². The van der Waals surface area contributed by atoms with Crippen molar-refractivity contribution < 1.29 is 4.21 Å². The van der Waals surface area contributed by atoms with Crippen molar-refractivity contribution in [2.45, 2.75) is 13.3 Å². The molecule has 0 aliphatic heterocycles. The third kappa shape index (κ3) is 4.57. The summed E-state index contributed by atoms with van der Waals surface area (Å²) in [5, 5.41) is 4.07. The Hall–Kier alpha value is -0.680. The van der Waals surface area contributed by atoms with E-state index >= 15 is 0 Å². The molecule has 2 unspecified atom stereocenters. The fourth-order valence-electron chi connectivity index (χ4n) is 1.30. The van der Waals surface area contributed by atoms with Crippen LogP contribution in [0.2, 0.25) is 0 Å². The van der Waals surface area contributed by atoms with Crippen LogP contribution < -0.4 is 5.73 Å². The summed E-state index contributed by atoms with van der Waals surface area (Å²) in [6, 6.07) is 0. The lowest BCUT2D eigenvalue weighted by atomic mass is 10.2. The van der Waals surface area contributed by atoms with Crippen molar-refractivity contribution in [1.82, 2.24) is 9.78 Å². The molecule has 5 heteroatoms. The predicted molar refractivity (Wildman–Crippen MR) is 63.0 cm³/mol. The molecular weight excluding hydrogens is 210 g/mol. The van der Waals surface area contributed by atoms with Gasteiger partial charge >= 0.3 is 0 Å². The fourth-order valence-corrected chi connectivity index (χ4v) is 2.70. The highest BCUT2D eigenvalue weighted by molar-refractivity contribution is 7.84. The number of hydrogen-bond acceptors (Lipinski definition) is 3. The summed E-state index contributed by atoms with van der Waals surface area (Å²) in [5.74, 6) is 1.76. The highest BCUT2D eigenvalue weighted by Gasteiger charge is 2.06. The lowest BCUT2D eigenvalue weighted by Gasteiger charge is -2.06. The molecule has 0 fully saturated rings. The Labute approximate surface area is 93.3 Å². The van der Waals surface area contributed by atoms with Gasteiger partial charge in [-0.05, 0) is 24.4 Å². The molecule has 2 atom stereocenters. The zero-order chi connectivity index (χ0) is 11.3. The summed E-state index contributed by atoms with van der Waals surface area (Å²) in [6.07, 6.45) is 4.62. The Kier molecular flexibility index (Phi) is 4.98. The van der Waals surface area contributed by atoms with Crippen molar-refractivity contribution in [3.05, 3.63) is 18.0 Å². The first-order chi connectivity index (χ1) is 7.11. The number of rotatable bonds is 6. The van der Waals surface area contributed by atoms with E-state index < -0.39 is 10.8 Å². The van der Waals surface area contributed by atoms with E-state index in [4.69, 9.17) is 5.73 Å². The van der Waals surface area contributed by atoms with E-state index in [-0.39, 0.29) is 0 Å². The zero-order valence-corrected chi connectivity index (χ0v) is 10.2. The van der Waals surface area contributed by atoms with Crippen LogP contribution in [-0.4, -0.2) is 32.0 Å². The second-order valence-corrected chi connectivity index (χ2v) is 5.54. The predicted octanol–water partition coefficient (Wildman–Crippen LogP) is 0.306. The Bertz CT molecular complexity index is 324. The number of aryl methyl sites for hydroxylation is 2. The van der Waals surface area contributed by atoms with Crippen molar-refractivity contribution in [2.24, 2.45) is 18.7 Å². The van der Waals surface area contributed by atoms with E-state index in [1.54, 1.807) is 4.68 Å². The summed E-state index contributed by atoms with van der Waals surface area (Å²) >= 11 is 0. The van der Waals surface area contributed by atoms with Gasteiger partial charge in [0.15, 0.2) is 0 Å². The van der Waals surface area contributed by atoms with Crippen LogP contribution in [0.4, 0.5) is 0 Å². The van der Waals surface area contributed by atoms with Crippen molar-refractivity contribution in [1.29, 1.82) is 0 Å². The van der Waals surface area contributed by atoms with Gasteiger partial charge in [-0.15, -0.1) is 0 Å². The molecule has 86 valence electrons. The summed E-state index contributed by atoms with van der Waals surface area (Å²) in [4.78, 5) is 0. The van der Waals surface area contributed by atoms with Crippen LogP contribution in [0, 0.1) is 5.92 Å². The minimum atomic E-state index is -0.758. The topological polar surface area (TPSA) is 60.9 Å². The van der Waals surface area contributed by atoms with E-state index in [1.165, 1.54) is 0 Å². The van der Waals surface area contributed by atoms with Gasteiger partial charge < -0.3 is 5.73 Å². The smallest absolute Gasteiger partial charge is 0.0521 e. The fraction of sp³-hybridized carbons (Fsp3) is 0.700. The van der Waals surface area contributed by atoms with Crippen molar-refractivity contribution >= 4 is 10.8 Å². The molecule has 1 aromatic rings. The van der Waals surface area contributed by atoms with Crippen LogP contribution in [-0.2, 0) is 24.3 Å². The molecule has 0 amide bonds. The van der Waals surface area contributed by atoms with E-state index in [2.05, 4.69) is 5.10 Å². The molecule has 2 N–H and O–H groups in total. The van der Waals surface area contributed by atoms with E-state index in [0.29, 0.717) is 24.0 Å².